The van der Waals surface area contributed by atoms with E-state index in [1.165, 1.54) is 0 Å². The maximum Gasteiger partial charge on any atom is 0.419 e. The van der Waals surface area contributed by atoms with Crippen LogP contribution in [0.25, 0.3) is 0 Å². The molecule has 1 amide bonds. The van der Waals surface area contributed by atoms with Gasteiger partial charge in [0.25, 0.3) is 0 Å². The van der Waals surface area contributed by atoms with Crippen LogP contribution in [-0.4, -0.2) is 11.1 Å². The molecule has 0 bridgehead atoms. The van der Waals surface area contributed by atoms with Crippen LogP contribution in [0.1, 0.15) is 11.1 Å². The predicted octanol–water partition coefficient (Wildman–Crippen LogP) is 4.61. The van der Waals surface area contributed by atoms with Gasteiger partial charge in [0.15, 0.2) is 0 Å². The molecule has 22 heavy (non-hydrogen) atoms. The van der Waals surface area contributed by atoms with E-state index in [1.807, 2.05) is 0 Å². The van der Waals surface area contributed by atoms with Crippen LogP contribution in [0.4, 0.5) is 23.7 Å². The molecule has 1 heterocycles. The fraction of sp³-hybridized carbons (Fsp3) is 0.143. The standard InChI is InChI=1S/C14H10BrF3N2O2/c15-11-7-19-6-10(14(16,17)18)12(11)20-13(21)22-8-9-4-2-1-3-5-9/h1-7H,8H2,(H,19,20,21). The zero-order chi connectivity index (χ0) is 16.2. The van der Waals surface area contributed by atoms with Gasteiger partial charge in [-0.2, -0.15) is 13.2 Å². The Balaban J connectivity index is 2.09. The van der Waals surface area contributed by atoms with Gasteiger partial charge < -0.3 is 4.74 Å². The zero-order valence-corrected chi connectivity index (χ0v) is 12.6. The number of ether oxygens (including phenoxy) is 1. The van der Waals surface area contributed by atoms with Crippen molar-refractivity contribution >= 4 is 27.7 Å². The number of rotatable bonds is 3. The minimum absolute atomic E-state index is 0.0130. The molecule has 2 rings (SSSR count). The van der Waals surface area contributed by atoms with E-state index < -0.39 is 23.5 Å². The molecule has 0 saturated heterocycles. The van der Waals surface area contributed by atoms with Gasteiger partial charge >= 0.3 is 12.3 Å². The molecule has 0 radical (unpaired) electrons. The van der Waals surface area contributed by atoms with Crippen molar-refractivity contribution in [2.75, 3.05) is 5.32 Å². The molecule has 8 heteroatoms. The largest absolute Gasteiger partial charge is 0.444 e. The van der Waals surface area contributed by atoms with Crippen LogP contribution in [0.5, 0.6) is 0 Å². The predicted molar refractivity (Wildman–Crippen MR) is 77.2 cm³/mol. The molecule has 0 unspecified atom stereocenters. The molecule has 0 aliphatic heterocycles. The normalized spacial score (nSPS) is 11.1. The summed E-state index contributed by atoms with van der Waals surface area (Å²) in [5, 5.41) is 2.09. The monoisotopic (exact) mass is 374 g/mol. The third kappa shape index (κ3) is 4.20. The molecule has 0 aliphatic rings. The fourth-order valence-corrected chi connectivity index (χ4v) is 2.07. The van der Waals surface area contributed by atoms with Crippen molar-refractivity contribution in [1.29, 1.82) is 0 Å². The average molecular weight is 375 g/mol. The number of hydrogen-bond donors (Lipinski definition) is 1. The lowest BCUT2D eigenvalue weighted by atomic mass is 10.2. The first-order valence-corrected chi connectivity index (χ1v) is 6.85. The minimum atomic E-state index is -4.64. The number of benzene rings is 1. The smallest absolute Gasteiger partial charge is 0.419 e. The summed E-state index contributed by atoms with van der Waals surface area (Å²) in [5.74, 6) is 0. The zero-order valence-electron chi connectivity index (χ0n) is 11.0. The molecule has 1 aromatic heterocycles. The Kier molecular flexibility index (Phi) is 5.02. The second-order valence-electron chi connectivity index (χ2n) is 4.23. The molecule has 4 nitrogen and oxygen atoms in total. The first-order chi connectivity index (χ1) is 10.4. The molecule has 2 aromatic rings. The van der Waals surface area contributed by atoms with Crippen LogP contribution in [0.3, 0.4) is 0 Å². The summed E-state index contributed by atoms with van der Waals surface area (Å²) in [6.45, 7) is -0.0449. The maximum atomic E-state index is 12.9. The Hall–Kier alpha value is -2.09. The van der Waals surface area contributed by atoms with Crippen molar-refractivity contribution in [1.82, 2.24) is 4.98 Å². The van der Waals surface area contributed by atoms with E-state index in [4.69, 9.17) is 4.74 Å². The van der Waals surface area contributed by atoms with Crippen LogP contribution < -0.4 is 5.32 Å². The van der Waals surface area contributed by atoms with E-state index in [2.05, 4.69) is 26.2 Å². The van der Waals surface area contributed by atoms with E-state index in [0.717, 1.165) is 11.8 Å². The molecule has 0 fully saturated rings. The van der Waals surface area contributed by atoms with Crippen molar-refractivity contribution in [2.45, 2.75) is 12.8 Å². The number of carbonyl (C=O) groups is 1. The highest BCUT2D eigenvalue weighted by Crippen LogP contribution is 2.37. The number of carbonyl (C=O) groups excluding carboxylic acids is 1. The summed E-state index contributed by atoms with van der Waals surface area (Å²) in [5.41, 5.74) is -0.762. The SMILES string of the molecule is O=C(Nc1c(Br)cncc1C(F)(F)F)OCc1ccccc1. The number of aromatic nitrogens is 1. The van der Waals surface area contributed by atoms with E-state index in [1.54, 1.807) is 30.3 Å². The third-order valence-corrected chi connectivity index (χ3v) is 3.25. The lowest BCUT2D eigenvalue weighted by molar-refractivity contribution is -0.137. The molecule has 116 valence electrons. The number of pyridine rings is 1. The Morgan fingerprint density at radius 3 is 2.55 bits per heavy atom. The average Bonchev–Trinajstić information content (AvgIpc) is 2.47. The molecule has 1 N–H and O–H groups in total. The summed E-state index contributed by atoms with van der Waals surface area (Å²) in [7, 11) is 0. The van der Waals surface area contributed by atoms with Gasteiger partial charge in [0.2, 0.25) is 0 Å². The number of anilines is 1. The van der Waals surface area contributed by atoms with Crippen LogP contribution in [0.15, 0.2) is 47.2 Å². The van der Waals surface area contributed by atoms with Gasteiger partial charge in [-0.15, -0.1) is 0 Å². The molecule has 1 aromatic carbocycles. The summed E-state index contributed by atoms with van der Waals surface area (Å²) >= 11 is 2.93. The van der Waals surface area contributed by atoms with Crippen molar-refractivity contribution in [3.05, 3.63) is 58.3 Å². The molecular weight excluding hydrogens is 365 g/mol. The quantitative estimate of drug-likeness (QED) is 0.853. The number of alkyl halides is 3. The van der Waals surface area contributed by atoms with Gasteiger partial charge in [0.1, 0.15) is 6.61 Å². The summed E-state index contributed by atoms with van der Waals surface area (Å²) in [6, 6.07) is 8.79. The van der Waals surface area contributed by atoms with Crippen LogP contribution in [0.2, 0.25) is 0 Å². The highest BCUT2D eigenvalue weighted by Gasteiger charge is 2.35. The minimum Gasteiger partial charge on any atom is -0.444 e. The van der Waals surface area contributed by atoms with E-state index in [9.17, 15) is 18.0 Å². The number of halogens is 4. The van der Waals surface area contributed by atoms with E-state index >= 15 is 0 Å². The molecular formula is C14H10BrF3N2O2. The Morgan fingerprint density at radius 2 is 1.91 bits per heavy atom. The Labute approximate surface area is 132 Å². The summed E-state index contributed by atoms with van der Waals surface area (Å²) in [6.07, 6.45) is -3.83. The lowest BCUT2D eigenvalue weighted by Crippen LogP contribution is -2.18. The topological polar surface area (TPSA) is 51.2 Å². The van der Waals surface area contributed by atoms with Crippen molar-refractivity contribution in [3.63, 3.8) is 0 Å². The molecule has 0 aliphatic carbocycles. The number of nitrogens with one attached hydrogen (secondary N) is 1. The van der Waals surface area contributed by atoms with Crippen molar-refractivity contribution in [3.8, 4) is 0 Å². The summed E-state index contributed by atoms with van der Waals surface area (Å²) < 4.78 is 43.5. The third-order valence-electron chi connectivity index (χ3n) is 2.64. The van der Waals surface area contributed by atoms with E-state index in [-0.39, 0.29) is 11.1 Å². The number of amides is 1. The van der Waals surface area contributed by atoms with Gasteiger partial charge in [-0.1, -0.05) is 30.3 Å². The molecule has 0 spiro atoms. The van der Waals surface area contributed by atoms with Crippen molar-refractivity contribution < 1.29 is 22.7 Å². The second-order valence-corrected chi connectivity index (χ2v) is 5.08. The molecule has 0 saturated carbocycles. The highest BCUT2D eigenvalue weighted by molar-refractivity contribution is 9.10. The first-order valence-electron chi connectivity index (χ1n) is 6.06. The van der Waals surface area contributed by atoms with Crippen LogP contribution in [-0.2, 0) is 17.5 Å². The van der Waals surface area contributed by atoms with Gasteiger partial charge in [-0.25, -0.2) is 4.79 Å². The van der Waals surface area contributed by atoms with E-state index in [0.29, 0.717) is 6.20 Å². The van der Waals surface area contributed by atoms with Gasteiger partial charge in [-0.3, -0.25) is 10.3 Å². The lowest BCUT2D eigenvalue weighted by Gasteiger charge is -2.14. The maximum absolute atomic E-state index is 12.9. The van der Waals surface area contributed by atoms with Gasteiger partial charge in [0.05, 0.1) is 15.7 Å². The first kappa shape index (κ1) is 16.3. The van der Waals surface area contributed by atoms with Crippen molar-refractivity contribution in [2.24, 2.45) is 0 Å². The van der Waals surface area contributed by atoms with Gasteiger partial charge in [0, 0.05) is 12.4 Å². The molecule has 0 atom stereocenters. The Morgan fingerprint density at radius 1 is 1.23 bits per heavy atom. The van der Waals surface area contributed by atoms with Crippen LogP contribution in [0, 0.1) is 0 Å². The summed E-state index contributed by atoms with van der Waals surface area (Å²) in [4.78, 5) is 15.1. The Bertz CT molecular complexity index is 663. The highest BCUT2D eigenvalue weighted by atomic mass is 79.9. The van der Waals surface area contributed by atoms with Crippen LogP contribution >= 0.6 is 15.9 Å². The number of hydrogen-bond acceptors (Lipinski definition) is 3. The van der Waals surface area contributed by atoms with Gasteiger partial charge in [-0.05, 0) is 21.5 Å². The second kappa shape index (κ2) is 6.78. The fourth-order valence-electron chi connectivity index (χ4n) is 1.64. The number of nitrogens with zero attached hydrogens (tertiary/aromatic N) is 1.